The Labute approximate surface area is 180 Å². The second-order valence-electron chi connectivity index (χ2n) is 6.10. The number of carbonyl (C=O) groups is 1. The van der Waals surface area contributed by atoms with Gasteiger partial charge in [-0.3, -0.25) is 4.79 Å². The number of aromatic nitrogens is 4. The van der Waals surface area contributed by atoms with Crippen LogP contribution >= 0.6 is 23.1 Å². The third-order valence-electron chi connectivity index (χ3n) is 3.98. The molecule has 0 saturated carbocycles. The fourth-order valence-electron chi connectivity index (χ4n) is 2.54. The summed E-state index contributed by atoms with van der Waals surface area (Å²) in [7, 11) is 1.60. The second-order valence-corrected chi connectivity index (χ2v) is 8.30. The third kappa shape index (κ3) is 5.22. The smallest absolute Gasteiger partial charge is 0.247 e. The SMILES string of the molecule is COc1ccc(CC(=O)Nc2nnc(SCc3nnc(-c4ccccc4)o3)s2)cc1. The molecule has 8 nitrogen and oxygen atoms in total. The number of hydrogen-bond donors (Lipinski definition) is 1. The Morgan fingerprint density at radius 3 is 2.63 bits per heavy atom. The maximum atomic E-state index is 12.2. The van der Waals surface area contributed by atoms with Gasteiger partial charge in [0, 0.05) is 5.56 Å². The number of ether oxygens (including phenoxy) is 1. The van der Waals surface area contributed by atoms with E-state index in [1.54, 1.807) is 7.11 Å². The lowest BCUT2D eigenvalue weighted by Crippen LogP contribution is -2.14. The van der Waals surface area contributed by atoms with Crippen molar-refractivity contribution in [1.29, 1.82) is 0 Å². The summed E-state index contributed by atoms with van der Waals surface area (Å²) in [5.74, 6) is 2.04. The molecule has 0 unspecified atom stereocenters. The number of methoxy groups -OCH3 is 1. The molecule has 2 heterocycles. The van der Waals surface area contributed by atoms with Crippen molar-refractivity contribution in [2.45, 2.75) is 16.5 Å². The molecule has 0 atom stereocenters. The lowest BCUT2D eigenvalue weighted by molar-refractivity contribution is -0.115. The minimum absolute atomic E-state index is 0.155. The zero-order valence-corrected chi connectivity index (χ0v) is 17.6. The molecule has 0 saturated heterocycles. The maximum absolute atomic E-state index is 12.2. The normalized spacial score (nSPS) is 10.7. The van der Waals surface area contributed by atoms with Crippen LogP contribution in [0.2, 0.25) is 0 Å². The molecule has 0 radical (unpaired) electrons. The van der Waals surface area contributed by atoms with Gasteiger partial charge in [0.1, 0.15) is 5.75 Å². The molecule has 0 aliphatic heterocycles. The minimum atomic E-state index is -0.155. The number of amides is 1. The van der Waals surface area contributed by atoms with Crippen molar-refractivity contribution < 1.29 is 13.9 Å². The first-order chi connectivity index (χ1) is 14.7. The minimum Gasteiger partial charge on any atom is -0.497 e. The van der Waals surface area contributed by atoms with Crippen LogP contribution in [0.4, 0.5) is 5.13 Å². The Morgan fingerprint density at radius 2 is 1.87 bits per heavy atom. The van der Waals surface area contributed by atoms with E-state index in [1.807, 2.05) is 54.6 Å². The largest absolute Gasteiger partial charge is 0.497 e. The molecule has 0 aliphatic carbocycles. The summed E-state index contributed by atoms with van der Waals surface area (Å²) in [5, 5.41) is 19.5. The number of thioether (sulfide) groups is 1. The van der Waals surface area contributed by atoms with Crippen LogP contribution in [0.25, 0.3) is 11.5 Å². The molecule has 2 aromatic heterocycles. The van der Waals surface area contributed by atoms with Crippen molar-refractivity contribution in [2.75, 3.05) is 12.4 Å². The van der Waals surface area contributed by atoms with Crippen LogP contribution in [0.5, 0.6) is 5.75 Å². The van der Waals surface area contributed by atoms with Gasteiger partial charge in [-0.2, -0.15) is 0 Å². The molecule has 4 rings (SSSR count). The molecule has 10 heteroatoms. The number of benzene rings is 2. The molecule has 152 valence electrons. The number of anilines is 1. The summed E-state index contributed by atoms with van der Waals surface area (Å²) >= 11 is 2.72. The van der Waals surface area contributed by atoms with Gasteiger partial charge in [-0.1, -0.05) is 53.4 Å². The number of nitrogens with one attached hydrogen (secondary N) is 1. The first-order valence-corrected chi connectivity index (χ1v) is 10.8. The van der Waals surface area contributed by atoms with Gasteiger partial charge in [-0.05, 0) is 29.8 Å². The zero-order chi connectivity index (χ0) is 20.8. The molecule has 2 aromatic carbocycles. The molecular formula is C20H17N5O3S2. The summed E-state index contributed by atoms with van der Waals surface area (Å²) in [6, 6.07) is 16.9. The monoisotopic (exact) mass is 439 g/mol. The molecule has 1 N–H and O–H groups in total. The molecule has 1 amide bonds. The van der Waals surface area contributed by atoms with Crippen LogP contribution in [0, 0.1) is 0 Å². The van der Waals surface area contributed by atoms with Gasteiger partial charge in [-0.25, -0.2) is 0 Å². The highest BCUT2D eigenvalue weighted by Crippen LogP contribution is 2.29. The van der Waals surface area contributed by atoms with Crippen LogP contribution in [0.1, 0.15) is 11.5 Å². The molecule has 0 aliphatic rings. The molecular weight excluding hydrogens is 422 g/mol. The van der Waals surface area contributed by atoms with E-state index in [9.17, 15) is 4.79 Å². The summed E-state index contributed by atoms with van der Waals surface area (Å²) in [5.41, 5.74) is 1.76. The van der Waals surface area contributed by atoms with E-state index < -0.39 is 0 Å². The Kier molecular flexibility index (Phi) is 6.35. The van der Waals surface area contributed by atoms with E-state index in [2.05, 4.69) is 25.7 Å². The standard InChI is InChI=1S/C20H17N5O3S2/c1-27-15-9-7-13(8-10-15)11-16(26)21-19-24-25-20(30-19)29-12-17-22-23-18(28-17)14-5-3-2-4-6-14/h2-10H,11-12H2,1H3,(H,21,24,26). The highest BCUT2D eigenvalue weighted by atomic mass is 32.2. The highest BCUT2D eigenvalue weighted by Gasteiger charge is 2.12. The van der Waals surface area contributed by atoms with Crippen molar-refractivity contribution in [3.63, 3.8) is 0 Å². The van der Waals surface area contributed by atoms with E-state index in [4.69, 9.17) is 9.15 Å². The Morgan fingerprint density at radius 1 is 1.07 bits per heavy atom. The van der Waals surface area contributed by atoms with E-state index in [-0.39, 0.29) is 12.3 Å². The van der Waals surface area contributed by atoms with Gasteiger partial charge in [0.15, 0.2) is 4.34 Å². The quantitative estimate of drug-likeness (QED) is 0.324. The van der Waals surface area contributed by atoms with E-state index >= 15 is 0 Å². The summed E-state index contributed by atoms with van der Waals surface area (Å²) in [6.45, 7) is 0. The average molecular weight is 440 g/mol. The zero-order valence-electron chi connectivity index (χ0n) is 15.9. The van der Waals surface area contributed by atoms with Crippen molar-refractivity contribution in [3.8, 4) is 17.2 Å². The van der Waals surface area contributed by atoms with Crippen molar-refractivity contribution in [2.24, 2.45) is 0 Å². The Bertz CT molecular complexity index is 1110. The van der Waals surface area contributed by atoms with Crippen molar-refractivity contribution in [1.82, 2.24) is 20.4 Å². The van der Waals surface area contributed by atoms with Gasteiger partial charge in [-0.15, -0.1) is 20.4 Å². The number of carbonyl (C=O) groups excluding carboxylic acids is 1. The van der Waals surface area contributed by atoms with Gasteiger partial charge in [0.25, 0.3) is 0 Å². The highest BCUT2D eigenvalue weighted by molar-refractivity contribution is 8.00. The predicted molar refractivity (Wildman–Crippen MR) is 115 cm³/mol. The second kappa shape index (κ2) is 9.51. The summed E-state index contributed by atoms with van der Waals surface area (Å²) < 4.78 is 11.5. The van der Waals surface area contributed by atoms with E-state index in [0.29, 0.717) is 27.0 Å². The van der Waals surface area contributed by atoms with Gasteiger partial charge >= 0.3 is 0 Å². The molecule has 0 spiro atoms. The molecule has 4 aromatic rings. The fraction of sp³-hybridized carbons (Fsp3) is 0.150. The molecule has 30 heavy (non-hydrogen) atoms. The Hall–Kier alpha value is -3.24. The average Bonchev–Trinajstić information content (AvgIpc) is 3.43. The van der Waals surface area contributed by atoms with Crippen LogP contribution in [0.3, 0.4) is 0 Å². The number of hydrogen-bond acceptors (Lipinski definition) is 9. The molecule has 0 fully saturated rings. The van der Waals surface area contributed by atoms with E-state index in [0.717, 1.165) is 16.9 Å². The van der Waals surface area contributed by atoms with Gasteiger partial charge in [0.05, 0.1) is 19.3 Å². The van der Waals surface area contributed by atoms with Crippen LogP contribution in [-0.4, -0.2) is 33.4 Å². The first kappa shape index (κ1) is 20.0. The van der Waals surface area contributed by atoms with Crippen LogP contribution in [-0.2, 0) is 17.0 Å². The first-order valence-electron chi connectivity index (χ1n) is 8.96. The van der Waals surface area contributed by atoms with Gasteiger partial charge in [0.2, 0.25) is 22.8 Å². The fourth-order valence-corrected chi connectivity index (χ4v) is 4.15. The summed E-state index contributed by atoms with van der Waals surface area (Å²) in [4.78, 5) is 12.2. The lowest BCUT2D eigenvalue weighted by atomic mass is 10.1. The van der Waals surface area contributed by atoms with E-state index in [1.165, 1.54) is 23.1 Å². The van der Waals surface area contributed by atoms with Crippen LogP contribution < -0.4 is 10.1 Å². The number of rotatable bonds is 8. The van der Waals surface area contributed by atoms with Gasteiger partial charge < -0.3 is 14.5 Å². The number of nitrogens with zero attached hydrogens (tertiary/aromatic N) is 4. The maximum Gasteiger partial charge on any atom is 0.247 e. The third-order valence-corrected chi connectivity index (χ3v) is 5.94. The predicted octanol–water partition coefficient (Wildman–Crippen LogP) is 4.07. The molecule has 0 bridgehead atoms. The topological polar surface area (TPSA) is 103 Å². The van der Waals surface area contributed by atoms with Crippen molar-refractivity contribution in [3.05, 3.63) is 66.1 Å². The lowest BCUT2D eigenvalue weighted by Gasteiger charge is -2.03. The van der Waals surface area contributed by atoms with Crippen LogP contribution in [0.15, 0.2) is 63.4 Å². The summed E-state index contributed by atoms with van der Waals surface area (Å²) in [6.07, 6.45) is 0.246. The van der Waals surface area contributed by atoms with Crippen molar-refractivity contribution >= 4 is 34.1 Å². The Balaban J connectivity index is 1.29.